The van der Waals surface area contributed by atoms with Gasteiger partial charge in [-0.25, -0.2) is 4.98 Å². The largest absolute Gasteiger partial charge is 0.395 e. The van der Waals surface area contributed by atoms with Crippen LogP contribution in [-0.4, -0.2) is 72.0 Å². The fourth-order valence-corrected chi connectivity index (χ4v) is 5.08. The van der Waals surface area contributed by atoms with Crippen molar-refractivity contribution in [2.24, 2.45) is 7.05 Å². The molecular weight excluding hydrogens is 400 g/mol. The molecule has 1 saturated heterocycles. The lowest BCUT2D eigenvalue weighted by atomic mass is 9.95. The van der Waals surface area contributed by atoms with Crippen LogP contribution in [0.1, 0.15) is 17.8 Å². The van der Waals surface area contributed by atoms with Gasteiger partial charge in [0.15, 0.2) is 0 Å². The number of imidazole rings is 1. The van der Waals surface area contributed by atoms with Crippen LogP contribution in [0.15, 0.2) is 36.4 Å². The van der Waals surface area contributed by atoms with E-state index in [0.29, 0.717) is 12.6 Å². The quantitative estimate of drug-likeness (QED) is 0.554. The Morgan fingerprint density at radius 3 is 2.72 bits per heavy atom. The second kappa shape index (κ2) is 9.00. The number of nitrogens with zero attached hydrogens (tertiary/aromatic N) is 4. The number of rotatable bonds is 6. The number of fused-ring (bicyclic) bond motifs is 2. The van der Waals surface area contributed by atoms with Crippen molar-refractivity contribution in [1.29, 1.82) is 0 Å². The number of anilines is 3. The van der Waals surface area contributed by atoms with E-state index in [0.717, 1.165) is 62.5 Å². The van der Waals surface area contributed by atoms with Gasteiger partial charge < -0.3 is 30.1 Å². The normalized spacial score (nSPS) is 19.1. The summed E-state index contributed by atoms with van der Waals surface area (Å²) in [5, 5.41) is 16.3. The Labute approximate surface area is 190 Å². The maximum Gasteiger partial charge on any atom is 0.111 e. The highest BCUT2D eigenvalue weighted by Crippen LogP contribution is 2.34. The lowest BCUT2D eigenvalue weighted by Gasteiger charge is -2.34. The fraction of sp³-hybridized carbons (Fsp3) is 0.480. The third-order valence-corrected chi connectivity index (χ3v) is 6.93. The van der Waals surface area contributed by atoms with Gasteiger partial charge in [0.2, 0.25) is 0 Å². The molecule has 0 saturated carbocycles. The van der Waals surface area contributed by atoms with E-state index in [9.17, 15) is 5.11 Å². The highest BCUT2D eigenvalue weighted by molar-refractivity contribution is 5.89. The Morgan fingerprint density at radius 1 is 1.09 bits per heavy atom. The first-order valence-corrected chi connectivity index (χ1v) is 11.7. The minimum absolute atomic E-state index is 0.128. The first-order chi connectivity index (χ1) is 15.6. The Morgan fingerprint density at radius 2 is 1.91 bits per heavy atom. The molecule has 32 heavy (non-hydrogen) atoms. The standard InChI is InChI=1S/C25H34N6O/c1-29-12-14-31(15-13-29)22-8-4-7-21-25(22)30(2)23(28-21)17-19-10-9-18-5-3-6-20(24(18)27-19)26-11-16-32/h3-8,19,26-27,32H,9-17H2,1-2H3. The molecule has 0 spiro atoms. The Bertz CT molecular complexity index is 1090. The van der Waals surface area contributed by atoms with Crippen LogP contribution in [0.2, 0.25) is 0 Å². The minimum Gasteiger partial charge on any atom is -0.395 e. The second-order valence-corrected chi connectivity index (χ2v) is 9.10. The van der Waals surface area contributed by atoms with Gasteiger partial charge in [-0.2, -0.15) is 0 Å². The molecule has 0 bridgehead atoms. The van der Waals surface area contributed by atoms with Gasteiger partial charge in [-0.1, -0.05) is 18.2 Å². The number of aliphatic hydroxyl groups excluding tert-OH is 1. The molecule has 3 N–H and O–H groups in total. The number of likely N-dealkylation sites (N-methyl/N-ethyl adjacent to an activating group) is 1. The van der Waals surface area contributed by atoms with Crippen molar-refractivity contribution in [3.63, 3.8) is 0 Å². The number of para-hydroxylation sites is 2. The van der Waals surface area contributed by atoms with Gasteiger partial charge in [0.05, 0.1) is 34.7 Å². The third kappa shape index (κ3) is 4.02. The minimum atomic E-state index is 0.128. The van der Waals surface area contributed by atoms with Gasteiger partial charge in [0.25, 0.3) is 0 Å². The molecule has 1 aromatic heterocycles. The molecule has 5 rings (SSSR count). The monoisotopic (exact) mass is 434 g/mol. The molecule has 7 nitrogen and oxygen atoms in total. The fourth-order valence-electron chi connectivity index (χ4n) is 5.08. The molecule has 3 aromatic rings. The zero-order valence-electron chi connectivity index (χ0n) is 19.1. The van der Waals surface area contributed by atoms with Gasteiger partial charge in [-0.3, -0.25) is 0 Å². The number of aromatic nitrogens is 2. The van der Waals surface area contributed by atoms with E-state index in [1.807, 2.05) is 0 Å². The summed E-state index contributed by atoms with van der Waals surface area (Å²) in [7, 11) is 4.36. The van der Waals surface area contributed by atoms with E-state index in [4.69, 9.17) is 4.98 Å². The molecule has 2 aliphatic rings. The van der Waals surface area contributed by atoms with Gasteiger partial charge in [0.1, 0.15) is 5.82 Å². The van der Waals surface area contributed by atoms with Crippen molar-refractivity contribution in [2.75, 3.05) is 61.9 Å². The van der Waals surface area contributed by atoms with Crippen molar-refractivity contribution in [1.82, 2.24) is 14.5 Å². The summed E-state index contributed by atoms with van der Waals surface area (Å²) in [6, 6.07) is 13.2. The van der Waals surface area contributed by atoms with Crippen molar-refractivity contribution >= 4 is 28.1 Å². The number of piperazine rings is 1. The van der Waals surface area contributed by atoms with Crippen LogP contribution < -0.4 is 15.5 Å². The lowest BCUT2D eigenvalue weighted by Crippen LogP contribution is -2.44. The molecule has 1 fully saturated rings. The molecule has 3 heterocycles. The van der Waals surface area contributed by atoms with Crippen LogP contribution in [-0.2, 0) is 19.9 Å². The Hall–Kier alpha value is -2.77. The molecule has 1 unspecified atom stereocenters. The third-order valence-electron chi connectivity index (χ3n) is 6.93. The van der Waals surface area contributed by atoms with Crippen molar-refractivity contribution in [2.45, 2.75) is 25.3 Å². The van der Waals surface area contributed by atoms with E-state index < -0.39 is 0 Å². The van der Waals surface area contributed by atoms with Crippen molar-refractivity contribution < 1.29 is 5.11 Å². The summed E-state index contributed by atoms with van der Waals surface area (Å²) < 4.78 is 2.30. The predicted molar refractivity (Wildman–Crippen MR) is 132 cm³/mol. The molecule has 2 aromatic carbocycles. The Kier molecular flexibility index (Phi) is 5.93. The summed E-state index contributed by atoms with van der Waals surface area (Å²) in [6.07, 6.45) is 3.03. The maximum atomic E-state index is 9.21. The van der Waals surface area contributed by atoms with Gasteiger partial charge in [-0.05, 0) is 43.7 Å². The van der Waals surface area contributed by atoms with E-state index in [-0.39, 0.29) is 6.61 Å². The van der Waals surface area contributed by atoms with Crippen LogP contribution in [0.5, 0.6) is 0 Å². The zero-order chi connectivity index (χ0) is 22.1. The zero-order valence-corrected chi connectivity index (χ0v) is 19.1. The Balaban J connectivity index is 1.39. The summed E-state index contributed by atoms with van der Waals surface area (Å²) in [4.78, 5) is 9.93. The number of aryl methyl sites for hydroxylation is 2. The summed E-state index contributed by atoms with van der Waals surface area (Å²) in [5.74, 6) is 1.13. The van der Waals surface area contributed by atoms with E-state index in [1.165, 1.54) is 22.5 Å². The van der Waals surface area contributed by atoms with Crippen molar-refractivity contribution in [3.8, 4) is 0 Å². The molecule has 0 radical (unpaired) electrons. The van der Waals surface area contributed by atoms with Crippen LogP contribution in [0, 0.1) is 0 Å². The topological polar surface area (TPSA) is 68.6 Å². The maximum absolute atomic E-state index is 9.21. The number of nitrogens with one attached hydrogen (secondary N) is 2. The SMILES string of the molecule is CN1CCN(c2cccc3nc(CC4CCc5cccc(NCCO)c5N4)n(C)c23)CC1. The number of hydrogen-bond donors (Lipinski definition) is 3. The summed E-state index contributed by atoms with van der Waals surface area (Å²) >= 11 is 0. The molecule has 170 valence electrons. The molecule has 7 heteroatoms. The highest BCUT2D eigenvalue weighted by Gasteiger charge is 2.24. The highest BCUT2D eigenvalue weighted by atomic mass is 16.3. The first-order valence-electron chi connectivity index (χ1n) is 11.7. The average molecular weight is 435 g/mol. The number of aliphatic hydroxyl groups is 1. The number of hydrogen-bond acceptors (Lipinski definition) is 6. The summed E-state index contributed by atoms with van der Waals surface area (Å²) in [5.41, 5.74) is 7.22. The molecule has 0 amide bonds. The molecular formula is C25H34N6O. The summed E-state index contributed by atoms with van der Waals surface area (Å²) in [6.45, 7) is 4.99. The van der Waals surface area contributed by atoms with E-state index in [2.05, 4.69) is 75.5 Å². The van der Waals surface area contributed by atoms with Gasteiger partial charge >= 0.3 is 0 Å². The van der Waals surface area contributed by atoms with Crippen LogP contribution in [0.4, 0.5) is 17.1 Å². The molecule has 0 aliphatic carbocycles. The van der Waals surface area contributed by atoms with E-state index in [1.54, 1.807) is 0 Å². The van der Waals surface area contributed by atoms with Gasteiger partial charge in [-0.15, -0.1) is 0 Å². The van der Waals surface area contributed by atoms with Gasteiger partial charge in [0, 0.05) is 52.2 Å². The number of benzene rings is 2. The van der Waals surface area contributed by atoms with E-state index >= 15 is 0 Å². The lowest BCUT2D eigenvalue weighted by molar-refractivity contribution is 0.311. The first kappa shape index (κ1) is 21.1. The van der Waals surface area contributed by atoms with Crippen LogP contribution in [0.3, 0.4) is 0 Å². The smallest absolute Gasteiger partial charge is 0.111 e. The predicted octanol–water partition coefficient (Wildman–Crippen LogP) is 2.70. The average Bonchev–Trinajstić information content (AvgIpc) is 3.13. The van der Waals surface area contributed by atoms with Crippen molar-refractivity contribution in [3.05, 3.63) is 47.8 Å². The molecule has 1 atom stereocenters. The van der Waals surface area contributed by atoms with Crippen LogP contribution in [0.25, 0.3) is 11.0 Å². The molecule has 2 aliphatic heterocycles. The second-order valence-electron chi connectivity index (χ2n) is 9.10. The van der Waals surface area contributed by atoms with Crippen LogP contribution >= 0.6 is 0 Å².